The third-order valence-electron chi connectivity index (χ3n) is 2.04. The van der Waals surface area contributed by atoms with E-state index in [0.29, 0.717) is 10.9 Å². The summed E-state index contributed by atoms with van der Waals surface area (Å²) in [4.78, 5) is 30.8. The molecule has 2 rings (SSSR count). The van der Waals surface area contributed by atoms with E-state index in [4.69, 9.17) is 0 Å². The van der Waals surface area contributed by atoms with Gasteiger partial charge in [-0.15, -0.1) is 11.3 Å². The molecular weight excluding hydrogens is 296 g/mol. The van der Waals surface area contributed by atoms with E-state index >= 15 is 0 Å². The molecule has 0 aliphatic rings. The van der Waals surface area contributed by atoms with Crippen LogP contribution in [0.25, 0.3) is 0 Å². The Hall–Kier alpha value is -1.93. The van der Waals surface area contributed by atoms with Crippen molar-refractivity contribution < 1.29 is 9.59 Å². The first-order chi connectivity index (χ1) is 9.63. The number of thiazole rings is 1. The van der Waals surface area contributed by atoms with Crippen LogP contribution in [0.4, 0.5) is 10.9 Å². The quantitative estimate of drug-likeness (QED) is 0.828. The highest BCUT2D eigenvalue weighted by molar-refractivity contribution is 7.99. The van der Waals surface area contributed by atoms with E-state index in [9.17, 15) is 9.59 Å². The van der Waals surface area contributed by atoms with Crippen LogP contribution in [-0.4, -0.2) is 27.5 Å². The number of carbonyl (C=O) groups is 2. The van der Waals surface area contributed by atoms with Crippen molar-refractivity contribution in [2.24, 2.45) is 0 Å². The Bertz CT molecular complexity index is 601. The molecule has 8 heteroatoms. The van der Waals surface area contributed by atoms with Gasteiger partial charge in [-0.3, -0.25) is 9.59 Å². The molecule has 0 fully saturated rings. The summed E-state index contributed by atoms with van der Waals surface area (Å²) in [5.41, 5.74) is 0. The molecule has 2 amide bonds. The van der Waals surface area contributed by atoms with Crippen molar-refractivity contribution >= 4 is 45.9 Å². The molecule has 2 heterocycles. The van der Waals surface area contributed by atoms with Gasteiger partial charge in [-0.2, -0.15) is 0 Å². The first kappa shape index (κ1) is 14.5. The maximum atomic E-state index is 11.7. The van der Waals surface area contributed by atoms with Crippen LogP contribution in [0.3, 0.4) is 0 Å². The summed E-state index contributed by atoms with van der Waals surface area (Å²) in [5.74, 6) is 0.338. The fourth-order valence-electron chi connectivity index (χ4n) is 1.30. The van der Waals surface area contributed by atoms with Crippen LogP contribution in [0, 0.1) is 0 Å². The van der Waals surface area contributed by atoms with Gasteiger partial charge in [0.15, 0.2) is 5.13 Å². The molecule has 6 nitrogen and oxygen atoms in total. The minimum absolute atomic E-state index is 0.163. The number of thioether (sulfide) groups is 1. The van der Waals surface area contributed by atoms with Crippen molar-refractivity contribution in [3.63, 3.8) is 0 Å². The van der Waals surface area contributed by atoms with Gasteiger partial charge in [0, 0.05) is 18.5 Å². The van der Waals surface area contributed by atoms with Crippen molar-refractivity contribution in [3.8, 4) is 0 Å². The lowest BCUT2D eigenvalue weighted by molar-refractivity contribution is -0.114. The lowest BCUT2D eigenvalue weighted by Crippen LogP contribution is -2.14. The molecule has 2 aromatic heterocycles. The van der Waals surface area contributed by atoms with E-state index in [1.165, 1.54) is 30.0 Å². The second kappa shape index (κ2) is 7.01. The number of pyridine rings is 1. The standard InChI is InChI=1S/C12H12N4O2S2/c1-8(17)14-9-6-20-12(15-9)16-10(18)7-19-11-4-2-3-5-13-11/h2-6H,7H2,1H3,(H,14,17)(H,15,16,18). The molecule has 2 aromatic rings. The number of nitrogens with one attached hydrogen (secondary N) is 2. The average Bonchev–Trinajstić information content (AvgIpc) is 2.84. The smallest absolute Gasteiger partial charge is 0.236 e. The fraction of sp³-hybridized carbons (Fsp3) is 0.167. The van der Waals surface area contributed by atoms with Crippen molar-refractivity contribution in [1.82, 2.24) is 9.97 Å². The van der Waals surface area contributed by atoms with Crippen LogP contribution in [0.1, 0.15) is 6.92 Å². The molecule has 2 N–H and O–H groups in total. The molecule has 0 radical (unpaired) electrons. The summed E-state index contributed by atoms with van der Waals surface area (Å²) < 4.78 is 0. The van der Waals surface area contributed by atoms with Gasteiger partial charge in [0.2, 0.25) is 11.8 Å². The van der Waals surface area contributed by atoms with E-state index in [1.54, 1.807) is 11.6 Å². The van der Waals surface area contributed by atoms with Gasteiger partial charge in [-0.25, -0.2) is 9.97 Å². The van der Waals surface area contributed by atoms with Gasteiger partial charge in [-0.05, 0) is 12.1 Å². The van der Waals surface area contributed by atoms with Crippen LogP contribution in [0.15, 0.2) is 34.8 Å². The van der Waals surface area contributed by atoms with Crippen LogP contribution >= 0.6 is 23.1 Å². The molecule has 0 saturated carbocycles. The molecule has 20 heavy (non-hydrogen) atoms. The molecule has 0 aliphatic carbocycles. The third-order valence-corrected chi connectivity index (χ3v) is 3.75. The zero-order valence-electron chi connectivity index (χ0n) is 10.6. The summed E-state index contributed by atoms with van der Waals surface area (Å²) in [6.45, 7) is 1.40. The van der Waals surface area contributed by atoms with Crippen LogP contribution in [0.5, 0.6) is 0 Å². The lowest BCUT2D eigenvalue weighted by atomic mass is 10.5. The Morgan fingerprint density at radius 1 is 1.35 bits per heavy atom. The normalized spacial score (nSPS) is 10.1. The van der Waals surface area contributed by atoms with Crippen molar-refractivity contribution in [2.45, 2.75) is 11.9 Å². The first-order valence-electron chi connectivity index (χ1n) is 5.70. The second-order valence-electron chi connectivity index (χ2n) is 3.72. The first-order valence-corrected chi connectivity index (χ1v) is 7.57. The van der Waals surface area contributed by atoms with Gasteiger partial charge in [0.25, 0.3) is 0 Å². The van der Waals surface area contributed by atoms with Crippen LogP contribution < -0.4 is 10.6 Å². The predicted octanol–water partition coefficient (Wildman–Crippen LogP) is 2.23. The Kier molecular flexibility index (Phi) is 5.08. The van der Waals surface area contributed by atoms with E-state index in [2.05, 4.69) is 20.6 Å². The number of hydrogen-bond acceptors (Lipinski definition) is 6. The number of anilines is 2. The zero-order valence-corrected chi connectivity index (χ0v) is 12.3. The highest BCUT2D eigenvalue weighted by Crippen LogP contribution is 2.20. The van der Waals surface area contributed by atoms with Gasteiger partial charge < -0.3 is 10.6 Å². The van der Waals surface area contributed by atoms with Gasteiger partial charge in [-0.1, -0.05) is 17.8 Å². The topological polar surface area (TPSA) is 84.0 Å². The van der Waals surface area contributed by atoms with Crippen molar-refractivity contribution in [3.05, 3.63) is 29.8 Å². The minimum Gasteiger partial charge on any atom is -0.310 e. The van der Waals surface area contributed by atoms with Crippen LogP contribution in [0.2, 0.25) is 0 Å². The molecule has 0 aromatic carbocycles. The van der Waals surface area contributed by atoms with Crippen molar-refractivity contribution in [2.75, 3.05) is 16.4 Å². The highest BCUT2D eigenvalue weighted by atomic mass is 32.2. The molecule has 104 valence electrons. The number of carbonyl (C=O) groups excluding carboxylic acids is 2. The Morgan fingerprint density at radius 3 is 2.90 bits per heavy atom. The maximum absolute atomic E-state index is 11.7. The van der Waals surface area contributed by atoms with E-state index in [1.807, 2.05) is 18.2 Å². The van der Waals surface area contributed by atoms with Crippen molar-refractivity contribution in [1.29, 1.82) is 0 Å². The molecule has 0 unspecified atom stereocenters. The minimum atomic E-state index is -0.195. The molecule has 0 atom stereocenters. The number of rotatable bonds is 5. The monoisotopic (exact) mass is 308 g/mol. The number of aromatic nitrogens is 2. The van der Waals surface area contributed by atoms with Crippen LogP contribution in [-0.2, 0) is 9.59 Å². The molecule has 0 bridgehead atoms. The van der Waals surface area contributed by atoms with Gasteiger partial charge >= 0.3 is 0 Å². The largest absolute Gasteiger partial charge is 0.310 e. The summed E-state index contributed by atoms with van der Waals surface area (Å²) >= 11 is 2.61. The predicted molar refractivity (Wildman–Crippen MR) is 80.0 cm³/mol. The molecular formula is C12H12N4O2S2. The number of amides is 2. The summed E-state index contributed by atoms with van der Waals surface area (Å²) in [7, 11) is 0. The Labute approximate surface area is 124 Å². The van der Waals surface area contributed by atoms with E-state index in [0.717, 1.165) is 5.03 Å². The second-order valence-corrected chi connectivity index (χ2v) is 5.58. The molecule has 0 saturated heterocycles. The number of hydrogen-bond donors (Lipinski definition) is 2. The lowest BCUT2D eigenvalue weighted by Gasteiger charge is -2.01. The molecule has 0 spiro atoms. The molecule has 0 aliphatic heterocycles. The third kappa shape index (κ3) is 4.63. The zero-order chi connectivity index (χ0) is 14.4. The Morgan fingerprint density at radius 2 is 2.20 bits per heavy atom. The highest BCUT2D eigenvalue weighted by Gasteiger charge is 2.08. The average molecular weight is 308 g/mol. The van der Waals surface area contributed by atoms with E-state index < -0.39 is 0 Å². The maximum Gasteiger partial charge on any atom is 0.236 e. The van der Waals surface area contributed by atoms with Gasteiger partial charge in [0.1, 0.15) is 5.82 Å². The van der Waals surface area contributed by atoms with E-state index in [-0.39, 0.29) is 17.6 Å². The van der Waals surface area contributed by atoms with Gasteiger partial charge in [0.05, 0.1) is 10.8 Å². The fourth-order valence-corrected chi connectivity index (χ4v) is 2.62. The number of nitrogens with zero attached hydrogens (tertiary/aromatic N) is 2. The summed E-state index contributed by atoms with van der Waals surface area (Å²) in [6, 6.07) is 5.53. The summed E-state index contributed by atoms with van der Waals surface area (Å²) in [6.07, 6.45) is 1.68. The summed E-state index contributed by atoms with van der Waals surface area (Å²) in [5, 5.41) is 8.15. The Balaban J connectivity index is 1.82. The SMILES string of the molecule is CC(=O)Nc1csc(NC(=O)CSc2ccccn2)n1.